The second-order valence-electron chi connectivity index (χ2n) is 3.13. The maximum absolute atomic E-state index is 4.10. The molecule has 0 aromatic carbocycles. The molecule has 0 bridgehead atoms. The Balaban J connectivity index is 2.67. The number of pyridine rings is 1. The van der Waals surface area contributed by atoms with Crippen LogP contribution in [0.4, 0.5) is 5.69 Å². The molecule has 0 atom stereocenters. The zero-order valence-corrected chi connectivity index (χ0v) is 10.7. The smallest absolute Gasteiger partial charge is 0.0595 e. The van der Waals surface area contributed by atoms with Gasteiger partial charge in [-0.25, -0.2) is 0 Å². The number of rotatable bonds is 6. The number of allylic oxidation sites excluding steroid dienone is 2. The first-order chi connectivity index (χ1) is 7.88. The predicted octanol–water partition coefficient (Wildman–Crippen LogP) is 3.89. The maximum atomic E-state index is 4.10. The minimum Gasteiger partial charge on any atom is -0.343 e. The van der Waals surface area contributed by atoms with Crippen molar-refractivity contribution in [1.82, 2.24) is 4.98 Å². The van der Waals surface area contributed by atoms with Crippen LogP contribution in [0.25, 0.3) is 0 Å². The second kappa shape index (κ2) is 7.88. The van der Waals surface area contributed by atoms with Gasteiger partial charge >= 0.3 is 0 Å². The van der Waals surface area contributed by atoms with Gasteiger partial charge in [-0.3, -0.25) is 4.98 Å². The third-order valence-electron chi connectivity index (χ3n) is 1.95. The minimum atomic E-state index is 0.778. The third kappa shape index (κ3) is 4.45. The average Bonchev–Trinajstić information content (AvgIpc) is 2.34. The fraction of sp³-hybridized carbons (Fsp3) is 0.154. The molecule has 1 aromatic heterocycles. The molecule has 0 aliphatic rings. The summed E-state index contributed by atoms with van der Waals surface area (Å²) in [6.07, 6.45) is 12.6. The molecule has 2 nitrogen and oxygen atoms in total. The van der Waals surface area contributed by atoms with Crippen molar-refractivity contribution in [2.45, 2.75) is 6.42 Å². The molecule has 1 rings (SSSR count). The van der Waals surface area contributed by atoms with E-state index in [0.717, 1.165) is 18.7 Å². The van der Waals surface area contributed by atoms with Gasteiger partial charge in [-0.05, 0) is 23.5 Å². The zero-order valence-electron chi connectivity index (χ0n) is 9.09. The number of hydrogen-bond donors (Lipinski definition) is 0. The molecule has 0 N–H and O–H groups in total. The van der Waals surface area contributed by atoms with Gasteiger partial charge in [0.2, 0.25) is 0 Å². The van der Waals surface area contributed by atoms with Crippen molar-refractivity contribution in [2.75, 3.05) is 11.4 Å². The van der Waals surface area contributed by atoms with Crippen LogP contribution < -0.4 is 4.90 Å². The molecule has 0 unspecified atom stereocenters. The molecular weight excluding hydrogens is 264 g/mol. The van der Waals surface area contributed by atoms with Gasteiger partial charge in [0.15, 0.2) is 0 Å². The number of aromatic nitrogens is 1. The SMILES string of the molecule is C=CCN(/C=C\C/C=C/Br)c1cccnc1. The van der Waals surface area contributed by atoms with Gasteiger partial charge in [0.25, 0.3) is 0 Å². The van der Waals surface area contributed by atoms with E-state index in [2.05, 4.69) is 38.5 Å². The first-order valence-electron chi connectivity index (χ1n) is 5.08. The van der Waals surface area contributed by atoms with Crippen molar-refractivity contribution in [2.24, 2.45) is 0 Å². The fourth-order valence-electron chi connectivity index (χ4n) is 1.23. The van der Waals surface area contributed by atoms with E-state index in [1.54, 1.807) is 6.20 Å². The summed E-state index contributed by atoms with van der Waals surface area (Å²) >= 11 is 3.24. The lowest BCUT2D eigenvalue weighted by Gasteiger charge is -2.17. The summed E-state index contributed by atoms with van der Waals surface area (Å²) in [6, 6.07) is 3.96. The Bertz CT molecular complexity index is 357. The van der Waals surface area contributed by atoms with Gasteiger partial charge in [0, 0.05) is 18.9 Å². The molecule has 0 radical (unpaired) electrons. The lowest BCUT2D eigenvalue weighted by atomic mass is 10.3. The zero-order chi connectivity index (χ0) is 11.6. The van der Waals surface area contributed by atoms with Crippen LogP contribution in [0.2, 0.25) is 0 Å². The highest BCUT2D eigenvalue weighted by Gasteiger charge is 1.98. The monoisotopic (exact) mass is 278 g/mol. The molecule has 16 heavy (non-hydrogen) atoms. The number of anilines is 1. The molecule has 1 aromatic rings. The van der Waals surface area contributed by atoms with Crippen molar-refractivity contribution in [1.29, 1.82) is 0 Å². The van der Waals surface area contributed by atoms with E-state index in [9.17, 15) is 0 Å². The summed E-state index contributed by atoms with van der Waals surface area (Å²) in [5.41, 5.74) is 1.07. The molecule has 0 aliphatic carbocycles. The minimum absolute atomic E-state index is 0.778. The van der Waals surface area contributed by atoms with Crippen molar-refractivity contribution in [3.63, 3.8) is 0 Å². The molecule has 3 heteroatoms. The number of hydrogen-bond acceptors (Lipinski definition) is 2. The quantitative estimate of drug-likeness (QED) is 0.734. The Morgan fingerprint density at radius 2 is 2.31 bits per heavy atom. The molecule has 1 heterocycles. The van der Waals surface area contributed by atoms with E-state index in [0.29, 0.717) is 0 Å². The van der Waals surface area contributed by atoms with E-state index in [1.807, 2.05) is 41.7 Å². The van der Waals surface area contributed by atoms with E-state index in [-0.39, 0.29) is 0 Å². The molecule has 0 saturated heterocycles. The van der Waals surface area contributed by atoms with Crippen molar-refractivity contribution < 1.29 is 0 Å². The van der Waals surface area contributed by atoms with Crippen LogP contribution in [0.5, 0.6) is 0 Å². The van der Waals surface area contributed by atoms with Crippen LogP contribution in [-0.4, -0.2) is 11.5 Å². The lowest BCUT2D eigenvalue weighted by molar-refractivity contribution is 1.07. The molecule has 0 aliphatic heterocycles. The maximum Gasteiger partial charge on any atom is 0.0595 e. The van der Waals surface area contributed by atoms with E-state index < -0.39 is 0 Å². The first kappa shape index (κ1) is 12.7. The predicted molar refractivity (Wildman–Crippen MR) is 73.6 cm³/mol. The topological polar surface area (TPSA) is 16.1 Å². The summed E-state index contributed by atoms with van der Waals surface area (Å²) in [5, 5.41) is 0. The van der Waals surface area contributed by atoms with Crippen LogP contribution >= 0.6 is 15.9 Å². The molecule has 0 saturated carbocycles. The highest BCUT2D eigenvalue weighted by Crippen LogP contribution is 2.12. The van der Waals surface area contributed by atoms with Gasteiger partial charge in [-0.2, -0.15) is 0 Å². The third-order valence-corrected chi connectivity index (χ3v) is 2.32. The van der Waals surface area contributed by atoms with Crippen LogP contribution in [0.15, 0.2) is 60.5 Å². The highest BCUT2D eigenvalue weighted by molar-refractivity contribution is 9.11. The molecule has 84 valence electrons. The summed E-state index contributed by atoms with van der Waals surface area (Å²) < 4.78 is 0. The van der Waals surface area contributed by atoms with Gasteiger partial charge in [-0.15, -0.1) is 6.58 Å². The Kier molecular flexibility index (Phi) is 6.26. The molecular formula is C13H15BrN2. The summed E-state index contributed by atoms with van der Waals surface area (Å²) in [7, 11) is 0. The Morgan fingerprint density at radius 1 is 1.44 bits per heavy atom. The van der Waals surface area contributed by atoms with Crippen LogP contribution in [0.1, 0.15) is 6.42 Å². The standard InChI is InChI=1S/C13H15BrN2/c1-2-10-16(11-5-3-4-8-14)13-7-6-9-15-12-13/h2,4-9,11-12H,1,3,10H2/b8-4+,11-5-. The van der Waals surface area contributed by atoms with Crippen molar-refractivity contribution in [3.8, 4) is 0 Å². The number of nitrogens with zero attached hydrogens (tertiary/aromatic N) is 2. The number of halogens is 1. The van der Waals surface area contributed by atoms with Crippen LogP contribution in [0, 0.1) is 0 Å². The Morgan fingerprint density at radius 3 is 2.94 bits per heavy atom. The van der Waals surface area contributed by atoms with Gasteiger partial charge in [0.05, 0.1) is 11.9 Å². The first-order valence-corrected chi connectivity index (χ1v) is 5.99. The van der Waals surface area contributed by atoms with E-state index in [4.69, 9.17) is 0 Å². The lowest BCUT2D eigenvalue weighted by Crippen LogP contribution is -2.15. The molecule has 0 amide bonds. The molecule has 0 fully saturated rings. The summed E-state index contributed by atoms with van der Waals surface area (Å²) in [4.78, 5) is 8.06. The largest absolute Gasteiger partial charge is 0.343 e. The Labute approximate surface area is 105 Å². The fourth-order valence-corrected chi connectivity index (χ4v) is 1.45. The average molecular weight is 279 g/mol. The van der Waals surface area contributed by atoms with Gasteiger partial charge in [-0.1, -0.05) is 34.2 Å². The normalized spacial score (nSPS) is 11.1. The molecule has 0 spiro atoms. The van der Waals surface area contributed by atoms with Crippen molar-refractivity contribution >= 4 is 21.6 Å². The summed E-state index contributed by atoms with van der Waals surface area (Å²) in [6.45, 7) is 4.53. The summed E-state index contributed by atoms with van der Waals surface area (Å²) in [5.74, 6) is 0. The van der Waals surface area contributed by atoms with Crippen LogP contribution in [-0.2, 0) is 0 Å². The highest BCUT2D eigenvalue weighted by atomic mass is 79.9. The van der Waals surface area contributed by atoms with Gasteiger partial charge in [0.1, 0.15) is 0 Å². The van der Waals surface area contributed by atoms with Gasteiger partial charge < -0.3 is 4.90 Å². The van der Waals surface area contributed by atoms with E-state index in [1.165, 1.54) is 0 Å². The van der Waals surface area contributed by atoms with Crippen molar-refractivity contribution in [3.05, 3.63) is 60.5 Å². The van der Waals surface area contributed by atoms with E-state index >= 15 is 0 Å². The second-order valence-corrected chi connectivity index (χ2v) is 3.66. The van der Waals surface area contributed by atoms with Crippen LogP contribution in [0.3, 0.4) is 0 Å². The Hall–Kier alpha value is -1.35.